The maximum absolute atomic E-state index is 4.02. The predicted octanol–water partition coefficient (Wildman–Crippen LogP) is 10.9. The van der Waals surface area contributed by atoms with Crippen molar-refractivity contribution in [1.29, 1.82) is 0 Å². The van der Waals surface area contributed by atoms with Crippen LogP contribution >= 0.6 is 11.3 Å². The molecule has 0 aliphatic carbocycles. The zero-order chi connectivity index (χ0) is 25.9. The van der Waals surface area contributed by atoms with Crippen LogP contribution in [0.25, 0.3) is 36.9 Å². The molecule has 0 radical (unpaired) electrons. The highest BCUT2D eigenvalue weighted by atomic mass is 32.1. The molecule has 0 saturated heterocycles. The molecule has 182 valence electrons. The summed E-state index contributed by atoms with van der Waals surface area (Å²) in [6.07, 6.45) is 5.68. The fourth-order valence-corrected chi connectivity index (χ4v) is 6.08. The van der Waals surface area contributed by atoms with Gasteiger partial charge in [-0.2, -0.15) is 0 Å². The van der Waals surface area contributed by atoms with Crippen molar-refractivity contribution >= 4 is 54.1 Å². The molecule has 38 heavy (non-hydrogen) atoms. The SMILES string of the molecule is C=C/C=C(\C=C)c1cccc(N(c2cccc(-c3ccccc3)c2)c2ccc3sc4ccccc4c3c2)c1. The Morgan fingerprint density at radius 1 is 0.579 bits per heavy atom. The highest BCUT2D eigenvalue weighted by Crippen LogP contribution is 2.41. The van der Waals surface area contributed by atoms with Crippen LogP contribution in [0, 0.1) is 0 Å². The summed E-state index contributed by atoms with van der Waals surface area (Å²) in [6.45, 7) is 7.90. The number of fused-ring (bicyclic) bond motifs is 3. The van der Waals surface area contributed by atoms with E-state index in [4.69, 9.17) is 0 Å². The van der Waals surface area contributed by atoms with Gasteiger partial charge in [-0.25, -0.2) is 0 Å². The summed E-state index contributed by atoms with van der Waals surface area (Å²) in [7, 11) is 0. The summed E-state index contributed by atoms with van der Waals surface area (Å²) in [4.78, 5) is 2.34. The van der Waals surface area contributed by atoms with Gasteiger partial charge in [-0.3, -0.25) is 0 Å². The largest absolute Gasteiger partial charge is 0.310 e. The molecule has 0 aliphatic rings. The lowest BCUT2D eigenvalue weighted by Gasteiger charge is -2.27. The summed E-state index contributed by atoms with van der Waals surface area (Å²) in [5.41, 5.74) is 7.84. The maximum atomic E-state index is 4.02. The molecule has 0 spiro atoms. The average molecular weight is 506 g/mol. The first-order chi connectivity index (χ1) is 18.7. The van der Waals surface area contributed by atoms with Gasteiger partial charge in [0.15, 0.2) is 0 Å². The number of nitrogens with zero attached hydrogens (tertiary/aromatic N) is 1. The molecule has 0 saturated carbocycles. The van der Waals surface area contributed by atoms with E-state index in [1.807, 2.05) is 23.5 Å². The van der Waals surface area contributed by atoms with Crippen LogP contribution in [0.4, 0.5) is 17.1 Å². The van der Waals surface area contributed by atoms with E-state index in [0.717, 1.165) is 28.2 Å². The summed E-state index contributed by atoms with van der Waals surface area (Å²) < 4.78 is 2.61. The highest BCUT2D eigenvalue weighted by molar-refractivity contribution is 7.25. The van der Waals surface area contributed by atoms with Gasteiger partial charge >= 0.3 is 0 Å². The van der Waals surface area contributed by atoms with E-state index in [9.17, 15) is 0 Å². The van der Waals surface area contributed by atoms with Gasteiger partial charge in [-0.1, -0.05) is 104 Å². The zero-order valence-electron chi connectivity index (χ0n) is 21.0. The molecule has 6 rings (SSSR count). The molecule has 1 aromatic heterocycles. The lowest BCUT2D eigenvalue weighted by atomic mass is 10.0. The normalized spacial score (nSPS) is 11.5. The second-order valence-corrected chi connectivity index (χ2v) is 10.2. The van der Waals surface area contributed by atoms with Crippen molar-refractivity contribution < 1.29 is 0 Å². The van der Waals surface area contributed by atoms with Crippen molar-refractivity contribution in [3.8, 4) is 11.1 Å². The lowest BCUT2D eigenvalue weighted by molar-refractivity contribution is 1.29. The number of thiophene rings is 1. The van der Waals surface area contributed by atoms with Crippen LogP contribution in [0.3, 0.4) is 0 Å². The first kappa shape index (κ1) is 23.7. The Morgan fingerprint density at radius 2 is 1.26 bits per heavy atom. The number of allylic oxidation sites excluding steroid dienone is 4. The van der Waals surface area contributed by atoms with E-state index in [2.05, 4.69) is 139 Å². The van der Waals surface area contributed by atoms with E-state index < -0.39 is 0 Å². The van der Waals surface area contributed by atoms with Gasteiger partial charge in [0.2, 0.25) is 0 Å². The molecule has 0 bridgehead atoms. The van der Waals surface area contributed by atoms with E-state index in [0.29, 0.717) is 0 Å². The molecule has 0 unspecified atom stereocenters. The van der Waals surface area contributed by atoms with E-state index in [-0.39, 0.29) is 0 Å². The molecule has 0 atom stereocenters. The Balaban J connectivity index is 1.56. The van der Waals surface area contributed by atoms with Gasteiger partial charge in [0.05, 0.1) is 0 Å². The predicted molar refractivity (Wildman–Crippen MR) is 168 cm³/mol. The van der Waals surface area contributed by atoms with Crippen molar-refractivity contribution in [2.75, 3.05) is 4.90 Å². The van der Waals surface area contributed by atoms with E-state index in [1.165, 1.54) is 31.3 Å². The van der Waals surface area contributed by atoms with Crippen molar-refractivity contribution in [3.63, 3.8) is 0 Å². The molecule has 2 heteroatoms. The third-order valence-electron chi connectivity index (χ3n) is 6.78. The molecular formula is C36H27NS. The van der Waals surface area contributed by atoms with Crippen LogP contribution in [-0.2, 0) is 0 Å². The van der Waals surface area contributed by atoms with Crippen molar-refractivity contribution in [2.45, 2.75) is 0 Å². The van der Waals surface area contributed by atoms with Gasteiger partial charge in [-0.15, -0.1) is 11.3 Å². The first-order valence-corrected chi connectivity index (χ1v) is 13.5. The molecule has 5 aromatic carbocycles. The van der Waals surface area contributed by atoms with Crippen molar-refractivity contribution in [1.82, 2.24) is 0 Å². The molecule has 0 aliphatic heterocycles. The summed E-state index contributed by atoms with van der Waals surface area (Å²) >= 11 is 1.84. The Labute approximate surface area is 227 Å². The van der Waals surface area contributed by atoms with Gasteiger partial charge in [0, 0.05) is 37.2 Å². The fourth-order valence-electron chi connectivity index (χ4n) is 4.99. The third-order valence-corrected chi connectivity index (χ3v) is 7.94. The number of hydrogen-bond acceptors (Lipinski definition) is 2. The van der Waals surface area contributed by atoms with Crippen LogP contribution in [0.15, 0.2) is 153 Å². The minimum absolute atomic E-state index is 1.04. The minimum atomic E-state index is 1.04. The Kier molecular flexibility index (Phi) is 6.47. The minimum Gasteiger partial charge on any atom is -0.310 e. The smallest absolute Gasteiger partial charge is 0.0468 e. The Morgan fingerprint density at radius 3 is 2.08 bits per heavy atom. The molecular weight excluding hydrogens is 478 g/mol. The monoisotopic (exact) mass is 505 g/mol. The Bertz CT molecular complexity index is 1810. The average Bonchev–Trinajstić information content (AvgIpc) is 3.35. The van der Waals surface area contributed by atoms with Gasteiger partial charge in [-0.05, 0) is 70.8 Å². The van der Waals surface area contributed by atoms with E-state index in [1.54, 1.807) is 6.08 Å². The van der Waals surface area contributed by atoms with Gasteiger partial charge < -0.3 is 4.90 Å². The fraction of sp³-hybridized carbons (Fsp3) is 0. The van der Waals surface area contributed by atoms with Crippen LogP contribution in [0.5, 0.6) is 0 Å². The molecule has 1 nitrogen and oxygen atoms in total. The number of hydrogen-bond donors (Lipinski definition) is 0. The van der Waals surface area contributed by atoms with Gasteiger partial charge in [0.25, 0.3) is 0 Å². The zero-order valence-corrected chi connectivity index (χ0v) is 21.9. The number of rotatable bonds is 7. The van der Waals surface area contributed by atoms with Gasteiger partial charge in [0.1, 0.15) is 0 Å². The van der Waals surface area contributed by atoms with Crippen LogP contribution in [0.1, 0.15) is 5.56 Å². The standard InChI is InChI=1S/C36H27NS/c1-3-12-26(4-2)28-15-10-17-30(23-28)37(31-18-11-16-29(24-31)27-13-6-5-7-14-27)32-21-22-36-34(25-32)33-19-8-9-20-35(33)38-36/h3-25H,1-2H2/b26-12+. The maximum Gasteiger partial charge on any atom is 0.0468 e. The third kappa shape index (κ3) is 4.47. The second-order valence-electron chi connectivity index (χ2n) is 9.14. The summed E-state index contributed by atoms with van der Waals surface area (Å²) in [6, 6.07) is 43.4. The second kappa shape index (κ2) is 10.4. The van der Waals surface area contributed by atoms with Crippen LogP contribution in [0.2, 0.25) is 0 Å². The summed E-state index contributed by atoms with van der Waals surface area (Å²) in [5, 5.41) is 2.57. The topological polar surface area (TPSA) is 3.24 Å². The molecule has 0 fully saturated rings. The van der Waals surface area contributed by atoms with Crippen LogP contribution in [-0.4, -0.2) is 0 Å². The molecule has 6 aromatic rings. The van der Waals surface area contributed by atoms with Crippen molar-refractivity contribution in [3.05, 3.63) is 158 Å². The number of anilines is 3. The Hall–Kier alpha value is -4.66. The van der Waals surface area contributed by atoms with Crippen LogP contribution < -0.4 is 4.90 Å². The molecule has 0 amide bonds. The summed E-state index contributed by atoms with van der Waals surface area (Å²) in [5.74, 6) is 0. The molecule has 1 heterocycles. The lowest BCUT2D eigenvalue weighted by Crippen LogP contribution is -2.10. The number of benzene rings is 5. The first-order valence-electron chi connectivity index (χ1n) is 12.7. The van der Waals surface area contributed by atoms with Crippen molar-refractivity contribution in [2.24, 2.45) is 0 Å². The molecule has 0 N–H and O–H groups in total. The van der Waals surface area contributed by atoms with E-state index >= 15 is 0 Å². The quantitative estimate of drug-likeness (QED) is 0.195. The highest BCUT2D eigenvalue weighted by Gasteiger charge is 2.16.